The molecule has 0 radical (unpaired) electrons. The molecule has 0 saturated carbocycles. The second kappa shape index (κ2) is 12.1. The van der Waals surface area contributed by atoms with E-state index in [1.807, 2.05) is 38.1 Å². The molecule has 0 aliphatic heterocycles. The highest BCUT2D eigenvalue weighted by Crippen LogP contribution is 2.31. The number of ether oxygens (including phenoxy) is 2. The van der Waals surface area contributed by atoms with Crippen molar-refractivity contribution in [3.63, 3.8) is 0 Å². The molecule has 0 spiro atoms. The molecule has 0 bridgehead atoms. The number of nitro groups is 1. The van der Waals surface area contributed by atoms with E-state index in [-0.39, 0.29) is 29.9 Å². The maximum absolute atomic E-state index is 12.5. The quantitative estimate of drug-likeness (QED) is 0.142. The minimum absolute atomic E-state index is 0.0507. The van der Waals surface area contributed by atoms with Gasteiger partial charge < -0.3 is 18.5 Å². The third-order valence-corrected chi connectivity index (χ3v) is 6.12. The Hall–Kier alpha value is -4.86. The van der Waals surface area contributed by atoms with E-state index in [4.69, 9.17) is 13.9 Å². The molecular weight excluding hydrogens is 500 g/mol. The van der Waals surface area contributed by atoms with E-state index in [1.165, 1.54) is 24.4 Å². The molecule has 39 heavy (non-hydrogen) atoms. The van der Waals surface area contributed by atoms with Crippen LogP contribution in [0.5, 0.6) is 11.5 Å². The molecule has 1 amide bonds. The van der Waals surface area contributed by atoms with E-state index < -0.39 is 10.8 Å². The maximum atomic E-state index is 12.5. The van der Waals surface area contributed by atoms with Gasteiger partial charge in [-0.05, 0) is 81.8 Å². The van der Waals surface area contributed by atoms with Crippen LogP contribution in [0, 0.1) is 24.0 Å². The molecule has 1 atom stereocenters. The van der Waals surface area contributed by atoms with Crippen LogP contribution in [0.15, 0.2) is 76.2 Å². The molecular formula is C29H30N4O6. The Kier molecular flexibility index (Phi) is 8.45. The van der Waals surface area contributed by atoms with E-state index in [2.05, 4.69) is 41.1 Å². The summed E-state index contributed by atoms with van der Waals surface area (Å²) in [7, 11) is 0. The molecule has 2 heterocycles. The van der Waals surface area contributed by atoms with Crippen LogP contribution >= 0.6 is 0 Å². The van der Waals surface area contributed by atoms with E-state index in [0.717, 1.165) is 17.1 Å². The lowest BCUT2D eigenvalue weighted by atomic mass is 10.2. The SMILES string of the molecule is CC[C@@H](C)Oc1c(/C=N/NC(=O)c2ccc(COc3ccc(-n4c(C)ccc4C)cc3)o2)cccc1[N+](=O)[O-]. The Morgan fingerprint density at radius 2 is 1.82 bits per heavy atom. The van der Waals surface area contributed by atoms with Crippen molar-refractivity contribution in [2.24, 2.45) is 5.10 Å². The number of carbonyl (C=O) groups excluding carboxylic acids is 1. The number of hydrogen-bond donors (Lipinski definition) is 1. The fraction of sp³-hybridized carbons (Fsp3) is 0.241. The number of nitrogens with one attached hydrogen (secondary N) is 1. The van der Waals surface area contributed by atoms with Crippen molar-refractivity contribution in [1.82, 2.24) is 9.99 Å². The van der Waals surface area contributed by atoms with E-state index in [0.29, 0.717) is 23.5 Å². The Morgan fingerprint density at radius 3 is 2.49 bits per heavy atom. The van der Waals surface area contributed by atoms with Crippen LogP contribution < -0.4 is 14.9 Å². The van der Waals surface area contributed by atoms with Gasteiger partial charge in [-0.1, -0.05) is 13.0 Å². The average molecular weight is 531 g/mol. The summed E-state index contributed by atoms with van der Waals surface area (Å²) in [6.45, 7) is 7.99. The molecule has 2 aromatic heterocycles. The molecule has 0 saturated heterocycles. The highest BCUT2D eigenvalue weighted by Gasteiger charge is 2.20. The third kappa shape index (κ3) is 6.53. The Balaban J connectivity index is 1.36. The highest BCUT2D eigenvalue weighted by atomic mass is 16.6. The van der Waals surface area contributed by atoms with Gasteiger partial charge in [0.2, 0.25) is 5.75 Å². The number of hydrogen-bond acceptors (Lipinski definition) is 7. The first-order chi connectivity index (χ1) is 18.8. The van der Waals surface area contributed by atoms with Crippen LogP contribution in [0.1, 0.15) is 53.5 Å². The first-order valence-corrected chi connectivity index (χ1v) is 12.5. The van der Waals surface area contributed by atoms with Gasteiger partial charge in [-0.15, -0.1) is 0 Å². The minimum atomic E-state index is -0.575. The average Bonchev–Trinajstić information content (AvgIpc) is 3.54. The zero-order valence-corrected chi connectivity index (χ0v) is 22.2. The second-order valence-corrected chi connectivity index (χ2v) is 8.99. The van der Waals surface area contributed by atoms with Crippen molar-refractivity contribution >= 4 is 17.8 Å². The van der Waals surface area contributed by atoms with Gasteiger partial charge in [0.25, 0.3) is 0 Å². The standard InChI is InChI=1S/C29H30N4O6/c1-5-21(4)38-28-22(7-6-8-26(28)33(35)36)17-30-31-29(34)27-16-15-25(39-27)18-37-24-13-11-23(12-14-24)32-19(2)9-10-20(32)3/h6-17,21H,5,18H2,1-4H3,(H,31,34)/b30-17+/t21-/m1/s1. The number of hydrazone groups is 1. The van der Waals surface area contributed by atoms with Crippen molar-refractivity contribution in [2.45, 2.75) is 46.8 Å². The fourth-order valence-corrected chi connectivity index (χ4v) is 3.92. The summed E-state index contributed by atoms with van der Waals surface area (Å²) < 4.78 is 19.3. The van der Waals surface area contributed by atoms with Gasteiger partial charge in [-0.3, -0.25) is 14.9 Å². The minimum Gasteiger partial charge on any atom is -0.486 e. The number of aromatic nitrogens is 1. The first kappa shape index (κ1) is 27.2. The number of nitro benzene ring substituents is 1. The highest BCUT2D eigenvalue weighted by molar-refractivity contribution is 5.93. The number of aryl methyl sites for hydroxylation is 2. The Morgan fingerprint density at radius 1 is 1.10 bits per heavy atom. The molecule has 202 valence electrons. The van der Waals surface area contributed by atoms with Crippen LogP contribution in [0.2, 0.25) is 0 Å². The summed E-state index contributed by atoms with van der Waals surface area (Å²) in [5.74, 6) is 0.705. The van der Waals surface area contributed by atoms with Gasteiger partial charge in [0, 0.05) is 28.7 Å². The van der Waals surface area contributed by atoms with Crippen LogP contribution in [-0.4, -0.2) is 27.7 Å². The predicted molar refractivity (Wildman–Crippen MR) is 147 cm³/mol. The predicted octanol–water partition coefficient (Wildman–Crippen LogP) is 6.12. The zero-order valence-electron chi connectivity index (χ0n) is 22.2. The monoisotopic (exact) mass is 530 g/mol. The molecule has 4 aromatic rings. The number of rotatable bonds is 11. The van der Waals surface area contributed by atoms with Gasteiger partial charge in [0.1, 0.15) is 18.1 Å². The van der Waals surface area contributed by atoms with Crippen molar-refractivity contribution in [2.75, 3.05) is 0 Å². The number of para-hydroxylation sites is 1. The van der Waals surface area contributed by atoms with Crippen molar-refractivity contribution < 1.29 is 23.6 Å². The number of nitrogens with zero attached hydrogens (tertiary/aromatic N) is 3. The van der Waals surface area contributed by atoms with Gasteiger partial charge in [-0.2, -0.15) is 5.10 Å². The number of carbonyl (C=O) groups is 1. The lowest BCUT2D eigenvalue weighted by Crippen LogP contribution is -2.17. The summed E-state index contributed by atoms with van der Waals surface area (Å²) in [6, 6.07) is 19.6. The van der Waals surface area contributed by atoms with E-state index >= 15 is 0 Å². The van der Waals surface area contributed by atoms with Crippen LogP contribution in [0.25, 0.3) is 5.69 Å². The Labute approximate surface area is 226 Å². The first-order valence-electron chi connectivity index (χ1n) is 12.5. The smallest absolute Gasteiger partial charge is 0.311 e. The molecule has 0 fully saturated rings. The Bertz CT molecular complexity index is 1470. The third-order valence-electron chi connectivity index (χ3n) is 6.12. The normalized spacial score (nSPS) is 11.9. The summed E-state index contributed by atoms with van der Waals surface area (Å²) in [6.07, 6.45) is 1.74. The number of furan rings is 1. The number of benzene rings is 2. The molecule has 1 N–H and O–H groups in total. The second-order valence-electron chi connectivity index (χ2n) is 8.99. The van der Waals surface area contributed by atoms with Crippen LogP contribution in [-0.2, 0) is 6.61 Å². The van der Waals surface area contributed by atoms with Crippen molar-refractivity contribution in [3.05, 3.63) is 105 Å². The molecule has 0 unspecified atom stereocenters. The largest absolute Gasteiger partial charge is 0.486 e. The lowest BCUT2D eigenvalue weighted by Gasteiger charge is -2.14. The maximum Gasteiger partial charge on any atom is 0.311 e. The van der Waals surface area contributed by atoms with Crippen molar-refractivity contribution in [1.29, 1.82) is 0 Å². The molecule has 4 rings (SSSR count). The molecule has 10 nitrogen and oxygen atoms in total. The lowest BCUT2D eigenvalue weighted by molar-refractivity contribution is -0.386. The van der Waals surface area contributed by atoms with Crippen LogP contribution in [0.3, 0.4) is 0 Å². The van der Waals surface area contributed by atoms with E-state index in [1.54, 1.807) is 12.1 Å². The van der Waals surface area contributed by atoms with Crippen LogP contribution in [0.4, 0.5) is 5.69 Å². The van der Waals surface area contributed by atoms with Gasteiger partial charge in [0.05, 0.1) is 17.2 Å². The molecule has 2 aromatic carbocycles. The molecule has 10 heteroatoms. The van der Waals surface area contributed by atoms with Gasteiger partial charge >= 0.3 is 11.6 Å². The summed E-state index contributed by atoms with van der Waals surface area (Å²) in [5.41, 5.74) is 5.91. The van der Waals surface area contributed by atoms with Crippen molar-refractivity contribution in [3.8, 4) is 17.2 Å². The molecule has 0 aliphatic rings. The van der Waals surface area contributed by atoms with Gasteiger partial charge in [0.15, 0.2) is 5.76 Å². The summed E-state index contributed by atoms with van der Waals surface area (Å²) >= 11 is 0. The number of amides is 1. The topological polar surface area (TPSA) is 121 Å². The zero-order chi connectivity index (χ0) is 27.9. The molecule has 0 aliphatic carbocycles. The van der Waals surface area contributed by atoms with Gasteiger partial charge in [-0.25, -0.2) is 5.43 Å². The summed E-state index contributed by atoms with van der Waals surface area (Å²) in [4.78, 5) is 23.4. The fourth-order valence-electron chi connectivity index (χ4n) is 3.92. The van der Waals surface area contributed by atoms with E-state index in [9.17, 15) is 14.9 Å². The summed E-state index contributed by atoms with van der Waals surface area (Å²) in [5, 5.41) is 15.4.